The molecule has 44 heavy (non-hydrogen) atoms. The molecule has 1 aliphatic heterocycles. The maximum atomic E-state index is 7.35. The fourth-order valence-corrected chi connectivity index (χ4v) is 47.3. The topological polar surface area (TPSA) is 83.1 Å². The number of rotatable bonds is 20. The van der Waals surface area contributed by atoms with Gasteiger partial charge < -0.3 is 38.3 Å². The third-order valence-corrected chi connectivity index (χ3v) is 40.2. The van der Waals surface area contributed by atoms with E-state index in [9.17, 15) is 0 Å². The minimum absolute atomic E-state index is 0.606. The van der Waals surface area contributed by atoms with Crippen LogP contribution in [0.3, 0.4) is 0 Å². The summed E-state index contributed by atoms with van der Waals surface area (Å²) in [6.45, 7) is 32.4. The zero-order valence-electron chi connectivity index (χ0n) is 30.4. The molecule has 3 unspecified atom stereocenters. The Balaban J connectivity index is 3.39. The molecule has 1 fully saturated rings. The summed E-state index contributed by atoms with van der Waals surface area (Å²) in [5.41, 5.74) is 2.02. The maximum absolute atomic E-state index is 7.35. The van der Waals surface area contributed by atoms with Crippen LogP contribution < -0.4 is 0 Å². The van der Waals surface area contributed by atoms with Crippen LogP contribution in [0.15, 0.2) is 24.9 Å². The van der Waals surface area contributed by atoms with Crippen molar-refractivity contribution in [1.29, 1.82) is 0 Å². The number of hydrogen-bond acceptors (Lipinski definition) is 9. The van der Waals surface area contributed by atoms with Gasteiger partial charge in [-0.3, -0.25) is 0 Å². The van der Waals surface area contributed by atoms with Crippen molar-refractivity contribution in [2.75, 3.05) is 27.6 Å². The summed E-state index contributed by atoms with van der Waals surface area (Å²) in [5, 5.41) is 0. The highest BCUT2D eigenvalue weighted by Gasteiger charge is 2.57. The third kappa shape index (κ3) is 15.1. The Kier molecular flexibility index (Phi) is 16.8. The van der Waals surface area contributed by atoms with Gasteiger partial charge in [0.25, 0.3) is 0 Å². The smallest absolute Gasteiger partial charge is 0.453 e. The molecule has 0 amide bonds. The van der Waals surface area contributed by atoms with Gasteiger partial charge in [-0.15, -0.1) is 13.2 Å². The van der Waals surface area contributed by atoms with Gasteiger partial charge in [-0.1, -0.05) is 11.8 Å². The molecule has 258 valence electrons. The fourth-order valence-electron chi connectivity index (χ4n) is 5.62. The second-order valence-electron chi connectivity index (χ2n) is 14.5. The maximum Gasteiger partial charge on any atom is 0.500 e. The Morgan fingerprint density at radius 1 is 0.659 bits per heavy atom. The lowest BCUT2D eigenvalue weighted by Crippen LogP contribution is -2.67. The third-order valence-electron chi connectivity index (χ3n) is 7.85. The summed E-state index contributed by atoms with van der Waals surface area (Å²) in [5.74, 6) is 0. The van der Waals surface area contributed by atoms with E-state index in [2.05, 4.69) is 85.2 Å². The Morgan fingerprint density at radius 3 is 1.52 bits per heavy atom. The van der Waals surface area contributed by atoms with Crippen molar-refractivity contribution in [3.05, 3.63) is 24.9 Å². The summed E-state index contributed by atoms with van der Waals surface area (Å²) in [7, 11) is -13.9. The Morgan fingerprint density at radius 2 is 1.09 bits per heavy atom. The summed E-state index contributed by atoms with van der Waals surface area (Å²) in [4.78, 5) is 0. The van der Waals surface area contributed by atoms with Crippen LogP contribution in [0.25, 0.3) is 0 Å². The summed E-state index contributed by atoms with van der Waals surface area (Å²) < 4.78 is 59.3. The zero-order chi connectivity index (χ0) is 34.1. The Hall–Kier alpha value is 1.07. The van der Waals surface area contributed by atoms with Gasteiger partial charge in [-0.2, -0.15) is 0 Å². The fraction of sp³-hybridized carbons (Fsp3) is 0.846. The van der Waals surface area contributed by atoms with E-state index < -0.39 is 68.0 Å². The molecule has 18 heteroatoms. The molecule has 1 aliphatic rings. The van der Waals surface area contributed by atoms with E-state index in [1.807, 2.05) is 11.8 Å². The quantitative estimate of drug-likeness (QED) is 0.0710. The lowest BCUT2D eigenvalue weighted by molar-refractivity contribution is 0.124. The zero-order valence-corrected chi connectivity index (χ0v) is 39.4. The first-order valence-corrected chi connectivity index (χ1v) is 38.7. The van der Waals surface area contributed by atoms with Gasteiger partial charge >= 0.3 is 43.0 Å². The first-order chi connectivity index (χ1) is 20.0. The predicted molar refractivity (Wildman–Crippen MR) is 203 cm³/mol. The molecule has 9 nitrogen and oxygen atoms in total. The van der Waals surface area contributed by atoms with Crippen molar-refractivity contribution in [3.8, 4) is 0 Å². The molecular weight excluding hydrogens is 709 g/mol. The van der Waals surface area contributed by atoms with Crippen LogP contribution in [0.5, 0.6) is 0 Å². The molecule has 0 bridgehead atoms. The molecule has 0 N–H and O–H groups in total. The van der Waals surface area contributed by atoms with Crippen molar-refractivity contribution in [3.63, 3.8) is 0 Å². The molecule has 1 heterocycles. The molecule has 0 saturated carbocycles. The standard InChI is InChI=1S/C26H64O9Si9/c1-17-19-36-26-30-38(8,9)20-22-41(14)32-40(12,13)33-42(15,24-25-44(27-3,28-4)29-5)35-43(16,34-41)23-21-39(10,11)31-37(6,7)18-2/h17-18H,1-2,19-26H2,3-16H3. The Bertz CT molecular complexity index is 915. The lowest BCUT2D eigenvalue weighted by Gasteiger charge is -2.50. The van der Waals surface area contributed by atoms with Crippen LogP contribution >= 0.6 is 0 Å². The van der Waals surface area contributed by atoms with Gasteiger partial charge in [0, 0.05) is 33.6 Å². The summed E-state index contributed by atoms with van der Waals surface area (Å²) >= 11 is 0. The summed E-state index contributed by atoms with van der Waals surface area (Å²) in [6.07, 6.45) is 2.76. The van der Waals surface area contributed by atoms with E-state index in [1.54, 1.807) is 21.3 Å². The van der Waals surface area contributed by atoms with Crippen LogP contribution in [0.2, 0.25) is 114 Å². The van der Waals surface area contributed by atoms with Crippen LogP contribution in [0.4, 0.5) is 0 Å². The summed E-state index contributed by atoms with van der Waals surface area (Å²) in [6, 6.07) is 5.89. The van der Waals surface area contributed by atoms with Gasteiger partial charge in [0.2, 0.25) is 0 Å². The highest BCUT2D eigenvalue weighted by molar-refractivity contribution is 6.95. The average molecular weight is 774 g/mol. The molecule has 0 aliphatic carbocycles. The lowest BCUT2D eigenvalue weighted by atomic mass is 10.8. The van der Waals surface area contributed by atoms with E-state index in [0.29, 0.717) is 12.1 Å². The van der Waals surface area contributed by atoms with Crippen molar-refractivity contribution in [2.45, 2.75) is 114 Å². The molecule has 3 atom stereocenters. The molecule has 0 aromatic heterocycles. The van der Waals surface area contributed by atoms with E-state index in [1.165, 1.54) is 0 Å². The predicted octanol–water partition coefficient (Wildman–Crippen LogP) is 7.50. The number of hydrogen-bond donors (Lipinski definition) is 0. The second kappa shape index (κ2) is 17.1. The van der Waals surface area contributed by atoms with Crippen molar-refractivity contribution < 1.29 is 38.3 Å². The van der Waals surface area contributed by atoms with Gasteiger partial charge in [-0.05, 0) is 108 Å². The minimum atomic E-state index is -2.83. The molecule has 0 aromatic rings. The van der Waals surface area contributed by atoms with Gasteiger partial charge in [0.1, 0.15) is 0 Å². The van der Waals surface area contributed by atoms with Crippen molar-refractivity contribution >= 4 is 77.5 Å². The SMILES string of the molecule is C=CC[Si]CO[Si](C)(C)CC[Si]1(C)O[Si](C)(C)O[Si](C)(CC[Si](OC)(OC)OC)O[Si](C)(CC[Si](C)(C)O[Si](C)(C)C=C)O1. The molecule has 1 saturated heterocycles. The second-order valence-corrected chi connectivity index (χ2v) is 45.9. The molecular formula is C26H64O9Si9. The van der Waals surface area contributed by atoms with Crippen LogP contribution in [-0.4, -0.2) is 105 Å². The van der Waals surface area contributed by atoms with Gasteiger partial charge in [-0.25, -0.2) is 0 Å². The molecule has 1 rings (SSSR count). The van der Waals surface area contributed by atoms with Crippen molar-refractivity contribution in [1.82, 2.24) is 0 Å². The monoisotopic (exact) mass is 772 g/mol. The van der Waals surface area contributed by atoms with Gasteiger partial charge in [0.15, 0.2) is 25.0 Å². The van der Waals surface area contributed by atoms with Crippen LogP contribution in [0, 0.1) is 0 Å². The van der Waals surface area contributed by atoms with Gasteiger partial charge in [0.05, 0.1) is 9.52 Å². The van der Waals surface area contributed by atoms with E-state index >= 15 is 0 Å². The molecule has 2 radical (unpaired) electrons. The van der Waals surface area contributed by atoms with Crippen molar-refractivity contribution in [2.24, 2.45) is 0 Å². The normalized spacial score (nSPS) is 27.0. The van der Waals surface area contributed by atoms with E-state index in [0.717, 1.165) is 46.0 Å². The van der Waals surface area contributed by atoms with Crippen LogP contribution in [0.1, 0.15) is 0 Å². The Labute approximate surface area is 281 Å². The molecule has 0 spiro atoms. The minimum Gasteiger partial charge on any atom is -0.453 e. The highest BCUT2D eigenvalue weighted by Crippen LogP contribution is 2.40. The number of allylic oxidation sites excluding steroid dienone is 1. The largest absolute Gasteiger partial charge is 0.500 e. The van der Waals surface area contributed by atoms with E-state index in [4.69, 9.17) is 38.3 Å². The first-order valence-electron chi connectivity index (χ1n) is 15.7. The van der Waals surface area contributed by atoms with Crippen LogP contribution in [-0.2, 0) is 38.3 Å². The first kappa shape index (κ1) is 43.1. The van der Waals surface area contributed by atoms with E-state index in [-0.39, 0.29) is 0 Å². The molecule has 0 aromatic carbocycles. The highest BCUT2D eigenvalue weighted by atomic mass is 28.5. The average Bonchev–Trinajstić information content (AvgIpc) is 2.88.